The van der Waals surface area contributed by atoms with E-state index in [2.05, 4.69) is 25.4 Å². The van der Waals surface area contributed by atoms with Crippen LogP contribution in [0.5, 0.6) is 0 Å². The summed E-state index contributed by atoms with van der Waals surface area (Å²) in [4.78, 5) is 18.1. The van der Waals surface area contributed by atoms with Crippen LogP contribution < -0.4 is 5.56 Å². The average molecular weight is 336 g/mol. The van der Waals surface area contributed by atoms with Crippen molar-refractivity contribution in [3.05, 3.63) is 37.7 Å². The average Bonchev–Trinajstić information content (AvgIpc) is 2.80. The number of thiophene rings is 1. The van der Waals surface area contributed by atoms with Gasteiger partial charge in [0.2, 0.25) is 0 Å². The van der Waals surface area contributed by atoms with Crippen LogP contribution in [0.1, 0.15) is 37.6 Å². The van der Waals surface area contributed by atoms with E-state index >= 15 is 0 Å². The number of allylic oxidation sites excluding steroid dienone is 1. The van der Waals surface area contributed by atoms with Crippen molar-refractivity contribution in [2.24, 2.45) is 0 Å². The summed E-state index contributed by atoms with van der Waals surface area (Å²) >= 11 is 6.92. The Morgan fingerprint density at radius 2 is 2.32 bits per heavy atom. The number of nitrogens with one attached hydrogen (secondary N) is 1. The number of hydrogen-bond donors (Lipinski definition) is 1. The van der Waals surface area contributed by atoms with E-state index in [0.29, 0.717) is 17.9 Å². The van der Waals surface area contributed by atoms with Crippen LogP contribution >= 0.6 is 23.6 Å². The van der Waals surface area contributed by atoms with Gasteiger partial charge in [0.1, 0.15) is 4.83 Å². The molecule has 4 nitrogen and oxygen atoms in total. The summed E-state index contributed by atoms with van der Waals surface area (Å²) in [6.07, 6.45) is 1.69. The molecule has 118 valence electrons. The molecule has 1 aliphatic heterocycles. The Morgan fingerprint density at radius 1 is 1.59 bits per heavy atom. The highest BCUT2D eigenvalue weighted by atomic mass is 32.1. The van der Waals surface area contributed by atoms with Gasteiger partial charge in [-0.3, -0.25) is 9.36 Å². The van der Waals surface area contributed by atoms with Crippen molar-refractivity contribution in [3.8, 4) is 0 Å². The van der Waals surface area contributed by atoms with Crippen LogP contribution in [0.25, 0.3) is 10.2 Å². The van der Waals surface area contributed by atoms with Gasteiger partial charge in [-0.25, -0.2) is 0 Å². The number of rotatable bonds is 3. The third-order valence-electron chi connectivity index (χ3n) is 4.29. The second kappa shape index (κ2) is 5.44. The molecule has 0 fully saturated rings. The standard InChI is InChI=1S/C16H20N2O2S2/c1-5-16(4)6-10-11(8-20-16)22-13-12(10)14(19)18(7-9(2)3)15(21)17-13/h2,5-8H2,1,3-4H3,(H,17,21)/t16-/m0/s1. The molecular formula is C16H20N2O2S2. The van der Waals surface area contributed by atoms with Crippen LogP contribution in [0.2, 0.25) is 0 Å². The number of ether oxygens (including phenoxy) is 1. The predicted molar refractivity (Wildman–Crippen MR) is 93.3 cm³/mol. The highest BCUT2D eigenvalue weighted by Gasteiger charge is 2.32. The van der Waals surface area contributed by atoms with Gasteiger partial charge in [-0.15, -0.1) is 11.3 Å². The molecule has 0 amide bonds. The molecule has 3 rings (SSSR count). The summed E-state index contributed by atoms with van der Waals surface area (Å²) < 4.78 is 8.04. The summed E-state index contributed by atoms with van der Waals surface area (Å²) in [7, 11) is 0. The fraction of sp³-hybridized carbons (Fsp3) is 0.500. The molecular weight excluding hydrogens is 316 g/mol. The lowest BCUT2D eigenvalue weighted by molar-refractivity contribution is -0.0543. The maximum atomic E-state index is 12.9. The predicted octanol–water partition coefficient (Wildman–Crippen LogP) is 3.94. The molecule has 1 aliphatic rings. The van der Waals surface area contributed by atoms with Crippen molar-refractivity contribution >= 4 is 33.8 Å². The van der Waals surface area contributed by atoms with Gasteiger partial charge in [-0.2, -0.15) is 0 Å². The Morgan fingerprint density at radius 3 is 2.95 bits per heavy atom. The Kier molecular flexibility index (Phi) is 3.87. The Hall–Kier alpha value is -1.24. The molecule has 0 saturated carbocycles. The molecule has 1 N–H and O–H groups in total. The normalized spacial score (nSPS) is 21.0. The fourth-order valence-corrected chi connectivity index (χ4v) is 4.26. The summed E-state index contributed by atoms with van der Waals surface area (Å²) in [6, 6.07) is 0. The lowest BCUT2D eigenvalue weighted by atomic mass is 9.90. The van der Waals surface area contributed by atoms with Gasteiger partial charge in [0, 0.05) is 17.8 Å². The zero-order valence-electron chi connectivity index (χ0n) is 13.1. The lowest BCUT2D eigenvalue weighted by Gasteiger charge is -2.32. The summed E-state index contributed by atoms with van der Waals surface area (Å²) in [6.45, 7) is 11.0. The van der Waals surface area contributed by atoms with E-state index in [0.717, 1.165) is 39.1 Å². The van der Waals surface area contributed by atoms with Crippen molar-refractivity contribution in [3.63, 3.8) is 0 Å². The third-order valence-corrected chi connectivity index (χ3v) is 5.74. The summed E-state index contributed by atoms with van der Waals surface area (Å²) in [5.74, 6) is 0. The van der Waals surface area contributed by atoms with E-state index in [9.17, 15) is 4.79 Å². The summed E-state index contributed by atoms with van der Waals surface area (Å²) in [5.41, 5.74) is 1.83. The molecule has 3 heterocycles. The van der Waals surface area contributed by atoms with Crippen molar-refractivity contribution in [2.75, 3.05) is 0 Å². The zero-order valence-corrected chi connectivity index (χ0v) is 14.7. The molecule has 0 aromatic carbocycles. The number of H-pyrrole nitrogens is 1. The fourth-order valence-electron chi connectivity index (χ4n) is 2.83. The number of fused-ring (bicyclic) bond motifs is 3. The van der Waals surface area contributed by atoms with E-state index < -0.39 is 0 Å². The van der Waals surface area contributed by atoms with E-state index in [1.165, 1.54) is 0 Å². The first-order chi connectivity index (χ1) is 10.3. The molecule has 6 heteroatoms. The van der Waals surface area contributed by atoms with Crippen molar-refractivity contribution in [2.45, 2.75) is 52.4 Å². The smallest absolute Gasteiger partial charge is 0.263 e. The Bertz CT molecular complexity index is 875. The van der Waals surface area contributed by atoms with Gasteiger partial charge in [0.15, 0.2) is 4.77 Å². The van der Waals surface area contributed by atoms with Crippen LogP contribution in [0.4, 0.5) is 0 Å². The first kappa shape index (κ1) is 15.6. The van der Waals surface area contributed by atoms with Gasteiger partial charge in [-0.1, -0.05) is 19.1 Å². The van der Waals surface area contributed by atoms with Gasteiger partial charge in [-0.05, 0) is 38.0 Å². The highest BCUT2D eigenvalue weighted by Crippen LogP contribution is 2.38. The Labute approximate surface area is 138 Å². The van der Waals surface area contributed by atoms with Crippen LogP contribution in [0, 0.1) is 4.77 Å². The number of hydrogen-bond acceptors (Lipinski definition) is 4. The zero-order chi connectivity index (χ0) is 16.1. The maximum Gasteiger partial charge on any atom is 0.263 e. The molecule has 22 heavy (non-hydrogen) atoms. The van der Waals surface area contributed by atoms with E-state index in [1.807, 2.05) is 6.92 Å². The monoisotopic (exact) mass is 336 g/mol. The molecule has 0 bridgehead atoms. The van der Waals surface area contributed by atoms with E-state index in [-0.39, 0.29) is 11.2 Å². The molecule has 1 atom stereocenters. The van der Waals surface area contributed by atoms with Gasteiger partial charge < -0.3 is 9.72 Å². The molecule has 2 aromatic rings. The third kappa shape index (κ3) is 2.49. The van der Waals surface area contributed by atoms with Gasteiger partial charge in [0.05, 0.1) is 17.6 Å². The summed E-state index contributed by atoms with van der Waals surface area (Å²) in [5, 5.41) is 0.776. The minimum Gasteiger partial charge on any atom is -0.369 e. The molecule has 0 spiro atoms. The molecule has 0 saturated heterocycles. The minimum absolute atomic E-state index is 0.0143. The number of aromatic amines is 1. The van der Waals surface area contributed by atoms with Gasteiger partial charge in [0.25, 0.3) is 5.56 Å². The van der Waals surface area contributed by atoms with Crippen LogP contribution in [0.3, 0.4) is 0 Å². The van der Waals surface area contributed by atoms with Crippen molar-refractivity contribution in [1.29, 1.82) is 0 Å². The first-order valence-electron chi connectivity index (χ1n) is 7.40. The van der Waals surface area contributed by atoms with Crippen molar-refractivity contribution < 1.29 is 4.74 Å². The van der Waals surface area contributed by atoms with Gasteiger partial charge >= 0.3 is 0 Å². The topological polar surface area (TPSA) is 47.0 Å². The molecule has 0 radical (unpaired) electrons. The number of nitrogens with zero attached hydrogens (tertiary/aromatic N) is 1. The van der Waals surface area contributed by atoms with Crippen molar-refractivity contribution in [1.82, 2.24) is 9.55 Å². The molecule has 0 unspecified atom stereocenters. The quantitative estimate of drug-likeness (QED) is 0.682. The second-order valence-electron chi connectivity index (χ2n) is 6.26. The molecule has 0 aliphatic carbocycles. The Balaban J connectivity index is 2.26. The lowest BCUT2D eigenvalue weighted by Crippen LogP contribution is -2.34. The molecule has 2 aromatic heterocycles. The number of aromatic nitrogens is 2. The minimum atomic E-state index is -0.195. The van der Waals surface area contributed by atoms with Crippen LogP contribution in [0.15, 0.2) is 16.9 Å². The second-order valence-corrected chi connectivity index (χ2v) is 7.75. The first-order valence-corrected chi connectivity index (χ1v) is 8.63. The highest BCUT2D eigenvalue weighted by molar-refractivity contribution is 7.71. The van der Waals surface area contributed by atoms with Crippen LogP contribution in [-0.4, -0.2) is 15.2 Å². The largest absolute Gasteiger partial charge is 0.369 e. The SMILES string of the molecule is C=C(C)Cn1c(=S)[nH]c2sc3c(c2c1=O)C[C@](C)(CC)OC3. The maximum absolute atomic E-state index is 12.9. The van der Waals surface area contributed by atoms with E-state index in [1.54, 1.807) is 15.9 Å². The van der Waals surface area contributed by atoms with Crippen LogP contribution in [-0.2, 0) is 24.3 Å². The van der Waals surface area contributed by atoms with E-state index in [4.69, 9.17) is 17.0 Å².